The molecule has 22 heavy (non-hydrogen) atoms. The number of phenols is 1. The molecule has 0 aromatic heterocycles. The second kappa shape index (κ2) is 4.58. The first-order valence-corrected chi connectivity index (χ1v) is 8.46. The third-order valence-corrected chi connectivity index (χ3v) is 6.85. The molecule has 0 spiro atoms. The van der Waals surface area contributed by atoms with E-state index in [1.165, 1.54) is 5.56 Å². The Bertz CT molecular complexity index is 650. The quantitative estimate of drug-likeness (QED) is 0.770. The number of aliphatic hydroxyl groups is 1. The van der Waals surface area contributed by atoms with E-state index in [9.17, 15) is 15.0 Å². The molecule has 4 rings (SSSR count). The smallest absolute Gasteiger partial charge is 0.163 e. The Morgan fingerprint density at radius 2 is 2.00 bits per heavy atom. The van der Waals surface area contributed by atoms with Crippen LogP contribution in [-0.4, -0.2) is 22.1 Å². The highest BCUT2D eigenvalue weighted by Crippen LogP contribution is 2.61. The van der Waals surface area contributed by atoms with Gasteiger partial charge in [0.1, 0.15) is 5.75 Å². The number of Topliss-reactive ketones (excluding diaryl/α,β-unsaturated/α-hetero) is 1. The summed E-state index contributed by atoms with van der Waals surface area (Å²) in [5.74, 6) is 1.59. The number of rotatable bonds is 0. The molecule has 0 aliphatic heterocycles. The van der Waals surface area contributed by atoms with Crippen LogP contribution >= 0.6 is 0 Å². The fourth-order valence-corrected chi connectivity index (χ4v) is 5.73. The Kier molecular flexibility index (Phi) is 2.96. The van der Waals surface area contributed by atoms with Gasteiger partial charge in [-0.1, -0.05) is 6.92 Å². The Morgan fingerprint density at radius 3 is 2.77 bits per heavy atom. The van der Waals surface area contributed by atoms with Gasteiger partial charge < -0.3 is 10.2 Å². The number of aryl methyl sites for hydroxylation is 1. The van der Waals surface area contributed by atoms with Crippen molar-refractivity contribution in [2.45, 2.75) is 58.0 Å². The molecule has 1 aromatic rings. The van der Waals surface area contributed by atoms with Crippen molar-refractivity contribution in [1.29, 1.82) is 0 Å². The largest absolute Gasteiger partial charge is 0.508 e. The van der Waals surface area contributed by atoms with Gasteiger partial charge in [-0.25, -0.2) is 0 Å². The third kappa shape index (κ3) is 1.75. The van der Waals surface area contributed by atoms with Gasteiger partial charge in [0.15, 0.2) is 5.78 Å². The van der Waals surface area contributed by atoms with Gasteiger partial charge >= 0.3 is 0 Å². The molecule has 0 saturated heterocycles. The van der Waals surface area contributed by atoms with Crippen LogP contribution in [0.5, 0.6) is 5.75 Å². The van der Waals surface area contributed by atoms with Crippen molar-refractivity contribution >= 4 is 5.78 Å². The van der Waals surface area contributed by atoms with Gasteiger partial charge in [0.05, 0.1) is 6.10 Å². The number of aromatic hydroxyl groups is 1. The summed E-state index contributed by atoms with van der Waals surface area (Å²) >= 11 is 0. The van der Waals surface area contributed by atoms with Gasteiger partial charge in [-0.15, -0.1) is 0 Å². The highest BCUT2D eigenvalue weighted by atomic mass is 16.3. The molecule has 2 saturated carbocycles. The summed E-state index contributed by atoms with van der Waals surface area (Å²) in [5.41, 5.74) is 2.94. The summed E-state index contributed by atoms with van der Waals surface area (Å²) in [5, 5.41) is 20.2. The zero-order valence-electron chi connectivity index (χ0n) is 13.3. The van der Waals surface area contributed by atoms with Gasteiger partial charge in [-0.3, -0.25) is 4.79 Å². The normalized spacial score (nSPS) is 40.0. The number of phenolic OH excluding ortho intramolecular Hbond substituents is 1. The number of fused-ring (bicyclic) bond motifs is 5. The topological polar surface area (TPSA) is 57.5 Å². The molecule has 3 nitrogen and oxygen atoms in total. The van der Waals surface area contributed by atoms with Gasteiger partial charge in [0.2, 0.25) is 0 Å². The summed E-state index contributed by atoms with van der Waals surface area (Å²) in [6.45, 7) is 4.22. The van der Waals surface area contributed by atoms with E-state index in [1.54, 1.807) is 12.1 Å². The summed E-state index contributed by atoms with van der Waals surface area (Å²) in [4.78, 5) is 12.6. The van der Waals surface area contributed by atoms with Crippen molar-refractivity contribution in [3.8, 4) is 5.75 Å². The molecule has 118 valence electrons. The van der Waals surface area contributed by atoms with Crippen LogP contribution in [0.3, 0.4) is 0 Å². The zero-order valence-corrected chi connectivity index (χ0v) is 13.3. The molecule has 0 heterocycles. The maximum Gasteiger partial charge on any atom is 0.163 e. The lowest BCUT2D eigenvalue weighted by Crippen LogP contribution is -2.45. The van der Waals surface area contributed by atoms with Crippen molar-refractivity contribution in [1.82, 2.24) is 0 Å². The Morgan fingerprint density at radius 1 is 1.23 bits per heavy atom. The highest BCUT2D eigenvalue weighted by molar-refractivity contribution is 6.00. The van der Waals surface area contributed by atoms with E-state index in [2.05, 4.69) is 6.92 Å². The molecule has 0 bridgehead atoms. The van der Waals surface area contributed by atoms with Gasteiger partial charge in [0.25, 0.3) is 0 Å². The van der Waals surface area contributed by atoms with Crippen LogP contribution in [0.15, 0.2) is 12.1 Å². The van der Waals surface area contributed by atoms with Crippen LogP contribution in [0.25, 0.3) is 0 Å². The van der Waals surface area contributed by atoms with Crippen LogP contribution in [0, 0.1) is 24.2 Å². The number of ketones is 1. The van der Waals surface area contributed by atoms with E-state index in [0.29, 0.717) is 24.2 Å². The van der Waals surface area contributed by atoms with Crippen LogP contribution in [0.2, 0.25) is 0 Å². The second-order valence-corrected chi connectivity index (χ2v) is 7.87. The van der Waals surface area contributed by atoms with Crippen LogP contribution in [0.4, 0.5) is 0 Å². The summed E-state index contributed by atoms with van der Waals surface area (Å²) in [7, 11) is 0. The Labute approximate surface area is 131 Å². The molecule has 2 N–H and O–H groups in total. The van der Waals surface area contributed by atoms with E-state index in [4.69, 9.17) is 0 Å². The summed E-state index contributed by atoms with van der Waals surface area (Å²) in [6.07, 6.45) is 4.36. The lowest BCUT2D eigenvalue weighted by Gasteiger charge is -2.50. The van der Waals surface area contributed by atoms with Crippen molar-refractivity contribution in [3.63, 3.8) is 0 Å². The fourth-order valence-electron chi connectivity index (χ4n) is 5.73. The summed E-state index contributed by atoms with van der Waals surface area (Å²) in [6, 6.07) is 3.43. The SMILES string of the molecule is Cc1cc(O)cc2c1[C@H]1CC[C@]3(C)[C@@H](O)CC[C@H]3[C@@H]1CC2=O. The van der Waals surface area contributed by atoms with Crippen molar-refractivity contribution in [2.24, 2.45) is 17.3 Å². The molecule has 1 aromatic carbocycles. The van der Waals surface area contributed by atoms with Gasteiger partial charge in [0, 0.05) is 12.0 Å². The number of carbonyl (C=O) groups excluding carboxylic acids is 1. The first-order chi connectivity index (χ1) is 10.4. The standard InChI is InChI=1S/C19H24O3/c1-10-7-11(20)8-14-16(21)9-13-12(18(10)14)5-6-19(2)15(13)3-4-17(19)22/h7-8,12-13,15,17,20,22H,3-6,9H2,1-2H3/t12-,13+,15-,17-,19-/m0/s1. The lowest BCUT2D eigenvalue weighted by molar-refractivity contribution is -0.0209. The highest BCUT2D eigenvalue weighted by Gasteiger charge is 2.55. The fraction of sp³-hybridized carbons (Fsp3) is 0.632. The molecule has 3 heteroatoms. The number of carbonyl (C=O) groups is 1. The van der Waals surface area contributed by atoms with Crippen LogP contribution in [0.1, 0.15) is 66.4 Å². The summed E-state index contributed by atoms with van der Waals surface area (Å²) < 4.78 is 0. The molecule has 3 aliphatic carbocycles. The first kappa shape index (κ1) is 14.3. The molecule has 2 fully saturated rings. The van der Waals surface area contributed by atoms with Crippen molar-refractivity contribution < 1.29 is 15.0 Å². The minimum Gasteiger partial charge on any atom is -0.508 e. The monoisotopic (exact) mass is 300 g/mol. The molecule has 0 amide bonds. The molecular formula is C19H24O3. The number of aliphatic hydroxyl groups excluding tert-OH is 1. The average Bonchev–Trinajstić information content (AvgIpc) is 2.75. The van der Waals surface area contributed by atoms with E-state index in [1.807, 2.05) is 6.92 Å². The van der Waals surface area contributed by atoms with Crippen LogP contribution in [-0.2, 0) is 0 Å². The first-order valence-electron chi connectivity index (χ1n) is 8.46. The van der Waals surface area contributed by atoms with Crippen molar-refractivity contribution in [2.75, 3.05) is 0 Å². The van der Waals surface area contributed by atoms with Gasteiger partial charge in [-0.05, 0) is 79.0 Å². The maximum atomic E-state index is 12.6. The average molecular weight is 300 g/mol. The van der Waals surface area contributed by atoms with E-state index >= 15 is 0 Å². The molecule has 0 unspecified atom stereocenters. The van der Waals surface area contributed by atoms with E-state index in [-0.39, 0.29) is 23.1 Å². The van der Waals surface area contributed by atoms with Crippen LogP contribution < -0.4 is 0 Å². The van der Waals surface area contributed by atoms with Gasteiger partial charge in [-0.2, -0.15) is 0 Å². The van der Waals surface area contributed by atoms with E-state index in [0.717, 1.165) is 36.8 Å². The number of benzene rings is 1. The molecule has 3 aliphatic rings. The van der Waals surface area contributed by atoms with E-state index < -0.39 is 0 Å². The van der Waals surface area contributed by atoms with Crippen molar-refractivity contribution in [3.05, 3.63) is 28.8 Å². The number of hydrogen-bond acceptors (Lipinski definition) is 3. The predicted molar refractivity (Wildman–Crippen MR) is 84.1 cm³/mol. The lowest BCUT2D eigenvalue weighted by atomic mass is 9.55. The minimum atomic E-state index is -0.212. The molecular weight excluding hydrogens is 276 g/mol. The Balaban J connectivity index is 1.81. The predicted octanol–water partition coefficient (Wildman–Crippen LogP) is 3.56. The molecule has 5 atom stereocenters. The zero-order chi connectivity index (χ0) is 15.6. The molecule has 0 radical (unpaired) electrons. The number of hydrogen-bond donors (Lipinski definition) is 2. The second-order valence-electron chi connectivity index (χ2n) is 7.87. The third-order valence-electron chi connectivity index (χ3n) is 6.85. The maximum absolute atomic E-state index is 12.6. The Hall–Kier alpha value is -1.35. The minimum absolute atomic E-state index is 0.0101.